The fourth-order valence-corrected chi connectivity index (χ4v) is 2.34. The molecule has 0 aromatic carbocycles. The van der Waals surface area contributed by atoms with E-state index >= 15 is 0 Å². The van der Waals surface area contributed by atoms with E-state index in [-0.39, 0.29) is 17.7 Å². The standard InChI is InChI=1S/C14H20N2O3/c1-2-6-15-13(17)11-4-3-7-16(9-11)14(18)12-5-8-19-10-12/h5,8,10-11H,2-4,6-7,9H2,1H3,(H,15,17)/t11-/m0/s1. The average molecular weight is 264 g/mol. The largest absolute Gasteiger partial charge is 0.472 e. The topological polar surface area (TPSA) is 62.6 Å². The normalized spacial score (nSPS) is 19.2. The van der Waals surface area contributed by atoms with Crippen LogP contribution in [0.4, 0.5) is 0 Å². The van der Waals surface area contributed by atoms with Gasteiger partial charge < -0.3 is 14.6 Å². The fraction of sp³-hybridized carbons (Fsp3) is 0.571. The zero-order chi connectivity index (χ0) is 13.7. The van der Waals surface area contributed by atoms with Gasteiger partial charge in [-0.25, -0.2) is 0 Å². The number of carbonyl (C=O) groups is 2. The number of hydrogen-bond donors (Lipinski definition) is 1. The van der Waals surface area contributed by atoms with E-state index in [0.717, 1.165) is 19.3 Å². The van der Waals surface area contributed by atoms with Crippen molar-refractivity contribution in [1.82, 2.24) is 10.2 Å². The second kappa shape index (κ2) is 6.41. The Labute approximate surface area is 113 Å². The zero-order valence-electron chi connectivity index (χ0n) is 11.2. The molecular weight excluding hydrogens is 244 g/mol. The van der Waals surface area contributed by atoms with Gasteiger partial charge in [-0.3, -0.25) is 9.59 Å². The molecule has 2 amide bonds. The van der Waals surface area contributed by atoms with Crippen molar-refractivity contribution in [3.63, 3.8) is 0 Å². The minimum Gasteiger partial charge on any atom is -0.472 e. The van der Waals surface area contributed by atoms with E-state index in [4.69, 9.17) is 4.42 Å². The molecule has 2 heterocycles. The van der Waals surface area contributed by atoms with Crippen LogP contribution in [0.3, 0.4) is 0 Å². The van der Waals surface area contributed by atoms with Crippen LogP contribution in [0.1, 0.15) is 36.5 Å². The van der Waals surface area contributed by atoms with E-state index < -0.39 is 0 Å². The molecule has 1 aromatic heterocycles. The number of hydrogen-bond acceptors (Lipinski definition) is 3. The van der Waals surface area contributed by atoms with E-state index in [1.807, 2.05) is 6.92 Å². The number of nitrogens with one attached hydrogen (secondary N) is 1. The summed E-state index contributed by atoms with van der Waals surface area (Å²) >= 11 is 0. The predicted octanol–water partition coefficient (Wildman–Crippen LogP) is 1.66. The van der Waals surface area contributed by atoms with Crippen LogP contribution in [0.2, 0.25) is 0 Å². The van der Waals surface area contributed by atoms with Gasteiger partial charge in [0.1, 0.15) is 6.26 Å². The summed E-state index contributed by atoms with van der Waals surface area (Å²) in [5.41, 5.74) is 0.551. The van der Waals surface area contributed by atoms with Crippen LogP contribution in [0.25, 0.3) is 0 Å². The van der Waals surface area contributed by atoms with E-state index in [1.54, 1.807) is 11.0 Å². The molecule has 5 heteroatoms. The first-order valence-corrected chi connectivity index (χ1v) is 6.81. The van der Waals surface area contributed by atoms with Crippen molar-refractivity contribution in [2.24, 2.45) is 5.92 Å². The van der Waals surface area contributed by atoms with Gasteiger partial charge in [0.15, 0.2) is 0 Å². The Balaban J connectivity index is 1.93. The van der Waals surface area contributed by atoms with Gasteiger partial charge in [0.2, 0.25) is 5.91 Å². The first-order valence-electron chi connectivity index (χ1n) is 6.81. The SMILES string of the molecule is CCCNC(=O)[C@H]1CCCN(C(=O)c2ccoc2)C1. The van der Waals surface area contributed by atoms with E-state index in [2.05, 4.69) is 5.32 Å². The summed E-state index contributed by atoms with van der Waals surface area (Å²) in [6.45, 7) is 3.93. The lowest BCUT2D eigenvalue weighted by molar-refractivity contribution is -0.126. The van der Waals surface area contributed by atoms with Crippen LogP contribution in [-0.4, -0.2) is 36.3 Å². The van der Waals surface area contributed by atoms with Crippen molar-refractivity contribution < 1.29 is 14.0 Å². The van der Waals surface area contributed by atoms with Crippen LogP contribution < -0.4 is 5.32 Å². The molecule has 1 fully saturated rings. The second-order valence-corrected chi connectivity index (χ2v) is 4.89. The number of carbonyl (C=O) groups excluding carboxylic acids is 2. The number of furan rings is 1. The number of amides is 2. The molecule has 0 saturated carbocycles. The van der Waals surface area contributed by atoms with Crippen molar-refractivity contribution in [3.8, 4) is 0 Å². The van der Waals surface area contributed by atoms with Crippen molar-refractivity contribution in [2.75, 3.05) is 19.6 Å². The lowest BCUT2D eigenvalue weighted by Crippen LogP contribution is -2.45. The third-order valence-electron chi connectivity index (χ3n) is 3.40. The highest BCUT2D eigenvalue weighted by Gasteiger charge is 2.28. The van der Waals surface area contributed by atoms with Crippen LogP contribution in [0.15, 0.2) is 23.0 Å². The maximum absolute atomic E-state index is 12.2. The molecule has 1 aromatic rings. The van der Waals surface area contributed by atoms with Crippen molar-refractivity contribution in [1.29, 1.82) is 0 Å². The minimum absolute atomic E-state index is 0.0539. The van der Waals surface area contributed by atoms with Crippen LogP contribution in [-0.2, 0) is 4.79 Å². The smallest absolute Gasteiger partial charge is 0.257 e. The van der Waals surface area contributed by atoms with Crippen molar-refractivity contribution >= 4 is 11.8 Å². The molecule has 1 saturated heterocycles. The molecule has 1 N–H and O–H groups in total. The third-order valence-corrected chi connectivity index (χ3v) is 3.40. The van der Waals surface area contributed by atoms with Gasteiger partial charge in [-0.2, -0.15) is 0 Å². The Morgan fingerprint density at radius 3 is 3.05 bits per heavy atom. The summed E-state index contributed by atoms with van der Waals surface area (Å²) < 4.78 is 4.93. The average Bonchev–Trinajstić information content (AvgIpc) is 2.98. The van der Waals surface area contributed by atoms with Crippen LogP contribution in [0.5, 0.6) is 0 Å². The lowest BCUT2D eigenvalue weighted by Gasteiger charge is -2.31. The lowest BCUT2D eigenvalue weighted by atomic mass is 9.96. The third kappa shape index (κ3) is 3.36. The maximum Gasteiger partial charge on any atom is 0.257 e. The number of nitrogens with zero attached hydrogens (tertiary/aromatic N) is 1. The van der Waals surface area contributed by atoms with Crippen LogP contribution in [0, 0.1) is 5.92 Å². The molecule has 0 aliphatic carbocycles. The second-order valence-electron chi connectivity index (χ2n) is 4.89. The predicted molar refractivity (Wildman–Crippen MR) is 70.6 cm³/mol. The molecule has 0 bridgehead atoms. The monoisotopic (exact) mass is 264 g/mol. The summed E-state index contributed by atoms with van der Waals surface area (Å²) in [5.74, 6) is -0.0792. The highest BCUT2D eigenvalue weighted by atomic mass is 16.3. The number of likely N-dealkylation sites (tertiary alicyclic amines) is 1. The first-order chi connectivity index (χ1) is 9.22. The van der Waals surface area contributed by atoms with Gasteiger partial charge in [0, 0.05) is 19.6 Å². The van der Waals surface area contributed by atoms with Crippen LogP contribution >= 0.6 is 0 Å². The summed E-state index contributed by atoms with van der Waals surface area (Å²) in [7, 11) is 0. The molecule has 2 rings (SSSR count). The highest BCUT2D eigenvalue weighted by Crippen LogP contribution is 2.19. The Morgan fingerprint density at radius 2 is 2.37 bits per heavy atom. The maximum atomic E-state index is 12.2. The molecular formula is C14H20N2O3. The van der Waals surface area contributed by atoms with Gasteiger partial charge in [-0.1, -0.05) is 6.92 Å². The van der Waals surface area contributed by atoms with Gasteiger partial charge in [0.25, 0.3) is 5.91 Å². The number of piperidine rings is 1. The highest BCUT2D eigenvalue weighted by molar-refractivity contribution is 5.94. The molecule has 0 spiro atoms. The quantitative estimate of drug-likeness (QED) is 0.899. The van der Waals surface area contributed by atoms with Gasteiger partial charge >= 0.3 is 0 Å². The molecule has 19 heavy (non-hydrogen) atoms. The van der Waals surface area contributed by atoms with E-state index in [0.29, 0.717) is 25.2 Å². The van der Waals surface area contributed by atoms with E-state index in [1.165, 1.54) is 12.5 Å². The van der Waals surface area contributed by atoms with E-state index in [9.17, 15) is 9.59 Å². The molecule has 1 atom stereocenters. The Morgan fingerprint density at radius 1 is 1.53 bits per heavy atom. The van der Waals surface area contributed by atoms with Crippen molar-refractivity contribution in [2.45, 2.75) is 26.2 Å². The molecule has 1 aliphatic rings. The Hall–Kier alpha value is -1.78. The van der Waals surface area contributed by atoms with Gasteiger partial charge in [0.05, 0.1) is 17.7 Å². The summed E-state index contributed by atoms with van der Waals surface area (Å²) in [4.78, 5) is 25.9. The fourth-order valence-electron chi connectivity index (χ4n) is 2.34. The Kier molecular flexibility index (Phi) is 4.60. The minimum atomic E-state index is -0.0869. The summed E-state index contributed by atoms with van der Waals surface area (Å²) in [6, 6.07) is 1.66. The van der Waals surface area contributed by atoms with Gasteiger partial charge in [-0.15, -0.1) is 0 Å². The summed E-state index contributed by atoms with van der Waals surface area (Å²) in [5, 5.41) is 2.90. The molecule has 104 valence electrons. The molecule has 1 aliphatic heterocycles. The summed E-state index contributed by atoms with van der Waals surface area (Å²) in [6.07, 6.45) is 5.58. The zero-order valence-corrected chi connectivity index (χ0v) is 11.2. The number of rotatable bonds is 4. The Bertz CT molecular complexity index is 428. The molecule has 5 nitrogen and oxygen atoms in total. The molecule has 0 unspecified atom stereocenters. The first kappa shape index (κ1) is 13.6. The van der Waals surface area contributed by atoms with Crippen molar-refractivity contribution in [3.05, 3.63) is 24.2 Å². The van der Waals surface area contributed by atoms with Gasteiger partial charge in [-0.05, 0) is 25.3 Å². The molecule has 0 radical (unpaired) electrons.